The number of carboxylic acid groups (broad SMARTS) is 1. The minimum atomic E-state index is -2.83. The van der Waals surface area contributed by atoms with Gasteiger partial charge in [0.15, 0.2) is 5.43 Å². The van der Waals surface area contributed by atoms with E-state index in [1.807, 2.05) is 0 Å². The van der Waals surface area contributed by atoms with Gasteiger partial charge in [0.25, 0.3) is 6.43 Å². The lowest BCUT2D eigenvalue weighted by molar-refractivity contribution is 0.0693. The van der Waals surface area contributed by atoms with Crippen molar-refractivity contribution in [1.82, 2.24) is 4.98 Å². The van der Waals surface area contributed by atoms with Crippen molar-refractivity contribution >= 4 is 21.9 Å². The van der Waals surface area contributed by atoms with Gasteiger partial charge in [0, 0.05) is 17.1 Å². The fourth-order valence-electron chi connectivity index (χ4n) is 1.09. The fourth-order valence-corrected chi connectivity index (χ4v) is 1.51. The third kappa shape index (κ3) is 2.41. The molecule has 0 saturated carbocycles. The second kappa shape index (κ2) is 4.52. The quantitative estimate of drug-likeness (QED) is 0.832. The van der Waals surface area contributed by atoms with Gasteiger partial charge in [0.05, 0.1) is 5.69 Å². The lowest BCUT2D eigenvalue weighted by Crippen LogP contribution is -2.19. The Bertz CT molecular complexity index is 444. The number of carbonyl (C=O) groups is 1. The number of nitrogens with one attached hydrogen (secondary N) is 1. The van der Waals surface area contributed by atoms with E-state index in [1.54, 1.807) is 0 Å². The summed E-state index contributed by atoms with van der Waals surface area (Å²) in [5.74, 6) is -1.44. The molecule has 1 aromatic heterocycles. The van der Waals surface area contributed by atoms with Gasteiger partial charge in [-0.3, -0.25) is 4.79 Å². The van der Waals surface area contributed by atoms with Gasteiger partial charge in [-0.05, 0) is 0 Å². The first-order chi connectivity index (χ1) is 6.97. The number of alkyl halides is 3. The van der Waals surface area contributed by atoms with Crippen LogP contribution in [0, 0.1) is 0 Å². The van der Waals surface area contributed by atoms with Gasteiger partial charge in [-0.25, -0.2) is 13.6 Å². The fraction of sp³-hybridized carbons (Fsp3) is 0.250. The molecule has 15 heavy (non-hydrogen) atoms. The van der Waals surface area contributed by atoms with Crippen molar-refractivity contribution in [2.45, 2.75) is 11.8 Å². The third-order valence-electron chi connectivity index (χ3n) is 1.71. The molecule has 0 aliphatic heterocycles. The smallest absolute Gasteiger partial charge is 0.341 e. The Balaban J connectivity index is 3.44. The number of aromatic amines is 1. The van der Waals surface area contributed by atoms with E-state index in [1.165, 1.54) is 0 Å². The predicted octanol–water partition coefficient (Wildman–Crippen LogP) is 1.91. The zero-order valence-corrected chi connectivity index (χ0v) is 8.85. The van der Waals surface area contributed by atoms with E-state index in [-0.39, 0.29) is 11.0 Å². The highest BCUT2D eigenvalue weighted by Gasteiger charge is 2.18. The lowest BCUT2D eigenvalue weighted by atomic mass is 10.2. The van der Waals surface area contributed by atoms with Crippen LogP contribution in [0.15, 0.2) is 10.9 Å². The van der Waals surface area contributed by atoms with Gasteiger partial charge >= 0.3 is 5.97 Å². The summed E-state index contributed by atoms with van der Waals surface area (Å²) in [5.41, 5.74) is -2.09. The first-order valence-electron chi connectivity index (χ1n) is 3.81. The highest BCUT2D eigenvalue weighted by molar-refractivity contribution is 9.08. The van der Waals surface area contributed by atoms with Crippen molar-refractivity contribution in [3.63, 3.8) is 0 Å². The summed E-state index contributed by atoms with van der Waals surface area (Å²) in [4.78, 5) is 24.1. The molecule has 1 aromatic rings. The molecule has 4 nitrogen and oxygen atoms in total. The highest BCUT2D eigenvalue weighted by Crippen LogP contribution is 2.17. The lowest BCUT2D eigenvalue weighted by Gasteiger charge is -2.05. The van der Waals surface area contributed by atoms with Crippen molar-refractivity contribution in [2.75, 3.05) is 0 Å². The van der Waals surface area contributed by atoms with E-state index in [9.17, 15) is 18.4 Å². The molecule has 1 heterocycles. The van der Waals surface area contributed by atoms with Crippen molar-refractivity contribution in [2.24, 2.45) is 0 Å². The number of rotatable bonds is 3. The zero-order valence-electron chi connectivity index (χ0n) is 7.26. The van der Waals surface area contributed by atoms with Crippen molar-refractivity contribution in [1.29, 1.82) is 0 Å². The van der Waals surface area contributed by atoms with Crippen LogP contribution >= 0.6 is 15.9 Å². The number of carboxylic acids is 1. The van der Waals surface area contributed by atoms with Crippen LogP contribution in [0.25, 0.3) is 0 Å². The molecule has 0 spiro atoms. The first kappa shape index (κ1) is 11.8. The highest BCUT2D eigenvalue weighted by atomic mass is 79.9. The van der Waals surface area contributed by atoms with Gasteiger partial charge in [-0.1, -0.05) is 15.9 Å². The summed E-state index contributed by atoms with van der Waals surface area (Å²) in [6, 6.07) is 0.597. The molecule has 0 fully saturated rings. The summed E-state index contributed by atoms with van der Waals surface area (Å²) in [6.07, 6.45) is -2.83. The Kier molecular flexibility index (Phi) is 3.57. The van der Waals surface area contributed by atoms with Crippen LogP contribution in [0.4, 0.5) is 8.78 Å². The van der Waals surface area contributed by atoms with Crippen LogP contribution in [0.2, 0.25) is 0 Å². The largest absolute Gasteiger partial charge is 0.477 e. The molecular weight excluding hydrogens is 276 g/mol. The number of halogens is 3. The first-order valence-corrected chi connectivity index (χ1v) is 4.93. The molecule has 0 unspecified atom stereocenters. The molecule has 0 bridgehead atoms. The molecule has 2 N–H and O–H groups in total. The topological polar surface area (TPSA) is 70.2 Å². The van der Waals surface area contributed by atoms with E-state index in [4.69, 9.17) is 5.11 Å². The Morgan fingerprint density at radius 1 is 1.60 bits per heavy atom. The van der Waals surface area contributed by atoms with Crippen molar-refractivity contribution in [3.8, 4) is 0 Å². The molecule has 0 radical (unpaired) electrons. The molecule has 0 saturated heterocycles. The maximum absolute atomic E-state index is 12.3. The predicted molar refractivity (Wildman–Crippen MR) is 51.6 cm³/mol. The number of hydrogen-bond donors (Lipinski definition) is 2. The van der Waals surface area contributed by atoms with Gasteiger partial charge < -0.3 is 10.1 Å². The minimum absolute atomic E-state index is 0.00949. The van der Waals surface area contributed by atoms with Gasteiger partial charge in [0.1, 0.15) is 5.56 Å². The second-order valence-corrected chi connectivity index (χ2v) is 3.24. The maximum atomic E-state index is 12.3. The van der Waals surface area contributed by atoms with Crippen LogP contribution < -0.4 is 5.43 Å². The molecular formula is C8H6BrF2NO3. The summed E-state index contributed by atoms with van der Waals surface area (Å²) >= 11 is 2.92. The van der Waals surface area contributed by atoms with Crippen LogP contribution in [0.1, 0.15) is 28.2 Å². The SMILES string of the molecule is O=C(O)c1c(CBr)[nH]c(C(F)F)cc1=O. The second-order valence-electron chi connectivity index (χ2n) is 2.68. The molecule has 0 atom stereocenters. The third-order valence-corrected chi connectivity index (χ3v) is 2.27. The Labute approximate surface area is 91.1 Å². The molecule has 0 aromatic carbocycles. The number of hydrogen-bond acceptors (Lipinski definition) is 2. The summed E-state index contributed by atoms with van der Waals surface area (Å²) in [7, 11) is 0. The standard InChI is InChI=1S/C8H6BrF2NO3/c9-2-4-6(8(14)15)5(13)1-3(12-4)7(10)11/h1,7H,2H2,(H,12,13)(H,14,15). The zero-order chi connectivity index (χ0) is 11.6. The average molecular weight is 282 g/mol. The number of aromatic nitrogens is 1. The molecule has 0 amide bonds. The summed E-state index contributed by atoms with van der Waals surface area (Å²) in [5, 5.41) is 8.67. The number of aromatic carboxylic acids is 1. The van der Waals surface area contributed by atoms with Crippen molar-refractivity contribution < 1.29 is 18.7 Å². The van der Waals surface area contributed by atoms with Crippen LogP contribution in [0.5, 0.6) is 0 Å². The molecule has 0 aliphatic rings. The molecule has 7 heteroatoms. The Morgan fingerprint density at radius 3 is 2.60 bits per heavy atom. The van der Waals surface area contributed by atoms with E-state index < -0.39 is 29.1 Å². The van der Waals surface area contributed by atoms with Gasteiger partial charge in [0.2, 0.25) is 0 Å². The van der Waals surface area contributed by atoms with Crippen LogP contribution in [-0.4, -0.2) is 16.1 Å². The van der Waals surface area contributed by atoms with Gasteiger partial charge in [-0.15, -0.1) is 0 Å². The Morgan fingerprint density at radius 2 is 2.20 bits per heavy atom. The summed E-state index contributed by atoms with van der Waals surface area (Å²) < 4.78 is 24.5. The monoisotopic (exact) mass is 281 g/mol. The minimum Gasteiger partial charge on any atom is -0.477 e. The molecule has 1 rings (SSSR count). The average Bonchev–Trinajstić information content (AvgIpc) is 2.15. The van der Waals surface area contributed by atoms with Gasteiger partial charge in [-0.2, -0.15) is 0 Å². The van der Waals surface area contributed by atoms with Crippen LogP contribution in [0.3, 0.4) is 0 Å². The van der Waals surface area contributed by atoms with Crippen molar-refractivity contribution in [3.05, 3.63) is 33.2 Å². The number of H-pyrrole nitrogens is 1. The molecule has 0 aliphatic carbocycles. The van der Waals surface area contributed by atoms with E-state index in [2.05, 4.69) is 20.9 Å². The molecule has 82 valence electrons. The van der Waals surface area contributed by atoms with E-state index in [0.717, 1.165) is 0 Å². The normalized spacial score (nSPS) is 10.7. The van der Waals surface area contributed by atoms with Crippen LogP contribution in [-0.2, 0) is 5.33 Å². The number of pyridine rings is 1. The van der Waals surface area contributed by atoms with E-state index in [0.29, 0.717) is 6.07 Å². The summed E-state index contributed by atoms with van der Waals surface area (Å²) in [6.45, 7) is 0. The van der Waals surface area contributed by atoms with E-state index >= 15 is 0 Å². The maximum Gasteiger partial charge on any atom is 0.341 e. The Hall–Kier alpha value is -1.24.